The largest absolute Gasteiger partial charge is 1.00 e. The quantitative estimate of drug-likeness (QED) is 0.289. The molecule has 0 aromatic heterocycles. The summed E-state index contributed by atoms with van der Waals surface area (Å²) in [6.07, 6.45) is 0. The van der Waals surface area contributed by atoms with Crippen molar-refractivity contribution in [2.24, 2.45) is 0 Å². The third-order valence-electron chi connectivity index (χ3n) is 2.58. The van der Waals surface area contributed by atoms with Gasteiger partial charge in [0.05, 0.1) is 4.90 Å². The third-order valence-corrected chi connectivity index (χ3v) is 4.26. The molecule has 0 heterocycles. The number of phenols is 2. The van der Waals surface area contributed by atoms with Gasteiger partial charge in [-0.3, -0.25) is 0 Å². The first-order chi connectivity index (χ1) is 9.01. The minimum Gasteiger partial charge on any atom is -0.744 e. The SMILES string of the molecule is O=S(=O)([O-])c1ccc2c(O)c(S(=O)(=O)[O-])cc(O)c2c1.[K+].[K+]. The van der Waals surface area contributed by atoms with Crippen molar-refractivity contribution >= 4 is 31.0 Å². The first-order valence-electron chi connectivity index (χ1n) is 4.92. The molecule has 2 aromatic rings. The van der Waals surface area contributed by atoms with E-state index in [1.165, 1.54) is 0 Å². The standard InChI is InChI=1S/C10H8O8S2.2K/c11-8-4-9(20(16,17)18)10(12)6-2-1-5(3-7(6)8)19(13,14)15;;/h1-4,11-12H,(H,13,14,15)(H,16,17,18);;/q;2*+1/p-2. The van der Waals surface area contributed by atoms with Crippen LogP contribution >= 0.6 is 0 Å². The third kappa shape index (κ3) is 4.95. The van der Waals surface area contributed by atoms with Crippen LogP contribution in [0.15, 0.2) is 34.1 Å². The Bertz CT molecular complexity index is 922. The van der Waals surface area contributed by atoms with Crippen LogP contribution in [-0.4, -0.2) is 36.2 Å². The van der Waals surface area contributed by atoms with Gasteiger partial charge >= 0.3 is 103 Å². The molecule has 2 N–H and O–H groups in total. The maximum absolute atomic E-state index is 10.9. The number of aromatic hydroxyl groups is 2. The molecule has 0 aliphatic carbocycles. The Morgan fingerprint density at radius 2 is 1.36 bits per heavy atom. The smallest absolute Gasteiger partial charge is 0.744 e. The summed E-state index contributed by atoms with van der Waals surface area (Å²) in [6.45, 7) is 0. The Morgan fingerprint density at radius 1 is 0.818 bits per heavy atom. The number of rotatable bonds is 2. The molecule has 0 atom stereocenters. The minimum absolute atomic E-state index is 0. The molecule has 0 bridgehead atoms. The van der Waals surface area contributed by atoms with Crippen LogP contribution in [0.1, 0.15) is 0 Å². The average Bonchev–Trinajstić information content (AvgIpc) is 2.30. The van der Waals surface area contributed by atoms with Gasteiger partial charge in [-0.1, -0.05) is 0 Å². The van der Waals surface area contributed by atoms with Crippen molar-refractivity contribution in [1.29, 1.82) is 0 Å². The molecule has 0 aliphatic heterocycles. The second-order valence-corrected chi connectivity index (χ2v) is 6.59. The molecule has 0 aliphatic rings. The van der Waals surface area contributed by atoms with Gasteiger partial charge in [0.2, 0.25) is 0 Å². The van der Waals surface area contributed by atoms with E-state index >= 15 is 0 Å². The minimum atomic E-state index is -5.03. The molecule has 2 rings (SSSR count). The predicted octanol–water partition coefficient (Wildman–Crippen LogP) is -5.93. The first-order valence-corrected chi connectivity index (χ1v) is 7.74. The van der Waals surface area contributed by atoms with Crippen LogP contribution in [0.2, 0.25) is 0 Å². The number of phenolic OH excluding ortho intramolecular Hbond substituents is 2. The van der Waals surface area contributed by atoms with E-state index in [1.807, 2.05) is 0 Å². The van der Waals surface area contributed by atoms with Gasteiger partial charge < -0.3 is 19.3 Å². The fourth-order valence-electron chi connectivity index (χ4n) is 1.69. The van der Waals surface area contributed by atoms with Crippen LogP contribution in [0.3, 0.4) is 0 Å². The molecular weight excluding hydrogens is 390 g/mol. The van der Waals surface area contributed by atoms with E-state index in [0.717, 1.165) is 18.2 Å². The molecule has 0 radical (unpaired) electrons. The zero-order valence-electron chi connectivity index (χ0n) is 11.5. The van der Waals surface area contributed by atoms with Crippen molar-refractivity contribution in [2.45, 2.75) is 9.79 Å². The molecule has 0 fully saturated rings. The van der Waals surface area contributed by atoms with E-state index in [1.54, 1.807) is 0 Å². The normalized spacial score (nSPS) is 11.5. The van der Waals surface area contributed by atoms with E-state index in [9.17, 15) is 36.2 Å². The second-order valence-electron chi connectivity index (χ2n) is 3.86. The van der Waals surface area contributed by atoms with E-state index in [4.69, 9.17) is 0 Å². The summed E-state index contributed by atoms with van der Waals surface area (Å²) in [4.78, 5) is -1.71. The van der Waals surface area contributed by atoms with Gasteiger partial charge in [-0.25, -0.2) is 16.8 Å². The van der Waals surface area contributed by atoms with Crippen LogP contribution in [0.4, 0.5) is 0 Å². The number of hydrogen-bond donors (Lipinski definition) is 2. The van der Waals surface area contributed by atoms with Crippen LogP contribution in [0.5, 0.6) is 11.5 Å². The van der Waals surface area contributed by atoms with Crippen molar-refractivity contribution < 1.29 is 139 Å². The number of hydrogen-bond acceptors (Lipinski definition) is 8. The van der Waals surface area contributed by atoms with Crippen molar-refractivity contribution in [3.05, 3.63) is 24.3 Å². The zero-order chi connectivity index (χ0) is 15.3. The maximum Gasteiger partial charge on any atom is 1.00 e. The molecule has 0 unspecified atom stereocenters. The monoisotopic (exact) mass is 396 g/mol. The van der Waals surface area contributed by atoms with E-state index in [0.29, 0.717) is 6.07 Å². The summed E-state index contributed by atoms with van der Waals surface area (Å²) < 4.78 is 65.3. The molecular formula is C10H6K2O8S2. The maximum atomic E-state index is 10.9. The molecule has 22 heavy (non-hydrogen) atoms. The van der Waals surface area contributed by atoms with Crippen LogP contribution < -0.4 is 103 Å². The summed E-state index contributed by atoms with van der Waals surface area (Å²) in [5.74, 6) is -1.68. The number of fused-ring (bicyclic) bond motifs is 1. The molecule has 0 saturated heterocycles. The van der Waals surface area contributed by atoms with Gasteiger partial charge in [0.25, 0.3) is 0 Å². The fraction of sp³-hybridized carbons (Fsp3) is 0. The summed E-state index contributed by atoms with van der Waals surface area (Å²) >= 11 is 0. The zero-order valence-corrected chi connectivity index (χ0v) is 19.3. The van der Waals surface area contributed by atoms with Crippen LogP contribution in [0.25, 0.3) is 10.8 Å². The fourth-order valence-corrected chi connectivity index (χ4v) is 2.79. The molecule has 8 nitrogen and oxygen atoms in total. The Balaban J connectivity index is 0.00000220. The molecule has 0 amide bonds. The predicted molar refractivity (Wildman–Crippen MR) is 63.2 cm³/mol. The van der Waals surface area contributed by atoms with Gasteiger partial charge in [-0.05, 0) is 18.2 Å². The Morgan fingerprint density at radius 3 is 1.82 bits per heavy atom. The van der Waals surface area contributed by atoms with Gasteiger partial charge in [0, 0.05) is 16.8 Å². The summed E-state index contributed by atoms with van der Waals surface area (Å²) in [7, 11) is -9.81. The van der Waals surface area contributed by atoms with E-state index in [-0.39, 0.29) is 114 Å². The molecule has 12 heteroatoms. The summed E-state index contributed by atoms with van der Waals surface area (Å²) in [6, 6.07) is 3.00. The first kappa shape index (κ1) is 23.4. The van der Waals surface area contributed by atoms with Crippen molar-refractivity contribution in [3.8, 4) is 11.5 Å². The van der Waals surface area contributed by atoms with E-state index in [2.05, 4.69) is 0 Å². The Hall–Kier alpha value is 1.39. The van der Waals surface area contributed by atoms with E-state index < -0.39 is 41.5 Å². The van der Waals surface area contributed by atoms with Crippen LogP contribution in [0, 0.1) is 0 Å². The van der Waals surface area contributed by atoms with Gasteiger partial charge in [-0.2, -0.15) is 0 Å². The van der Waals surface area contributed by atoms with Gasteiger partial charge in [-0.15, -0.1) is 0 Å². The van der Waals surface area contributed by atoms with Gasteiger partial charge in [0.15, 0.2) is 0 Å². The van der Waals surface area contributed by atoms with Crippen LogP contribution in [-0.2, 0) is 20.2 Å². The molecule has 108 valence electrons. The van der Waals surface area contributed by atoms with Gasteiger partial charge in [0.1, 0.15) is 36.6 Å². The summed E-state index contributed by atoms with van der Waals surface area (Å²) in [5.41, 5.74) is 0. The average molecular weight is 396 g/mol. The van der Waals surface area contributed by atoms with Crippen molar-refractivity contribution in [1.82, 2.24) is 0 Å². The molecule has 2 aromatic carbocycles. The molecule has 0 spiro atoms. The summed E-state index contributed by atoms with van der Waals surface area (Å²) in [5, 5.41) is 18.8. The Labute approximate surface area is 211 Å². The topological polar surface area (TPSA) is 155 Å². The van der Waals surface area contributed by atoms with Crippen molar-refractivity contribution in [2.75, 3.05) is 0 Å². The second kappa shape index (κ2) is 8.18. The number of benzene rings is 2. The Kier molecular flexibility index (Phi) is 8.70. The van der Waals surface area contributed by atoms with Crippen molar-refractivity contribution in [3.63, 3.8) is 0 Å². The molecule has 0 saturated carbocycles.